The van der Waals surface area contributed by atoms with E-state index >= 15 is 0 Å². The fraction of sp³-hybridized carbons (Fsp3) is 0.409. The van der Waals surface area contributed by atoms with E-state index in [2.05, 4.69) is 41.9 Å². The molecule has 0 aliphatic carbocycles. The van der Waals surface area contributed by atoms with Gasteiger partial charge in [0.15, 0.2) is 0 Å². The molecule has 3 aromatic rings. The van der Waals surface area contributed by atoms with Crippen molar-refractivity contribution in [1.82, 2.24) is 35.3 Å². The van der Waals surface area contributed by atoms with Crippen LogP contribution in [0.15, 0.2) is 49.6 Å². The molecule has 0 fully saturated rings. The lowest BCUT2D eigenvalue weighted by Crippen LogP contribution is -2.02. The predicted octanol–water partition coefficient (Wildman–Crippen LogP) is 4.47. The molecule has 0 unspecified atom stereocenters. The molecule has 8 nitrogen and oxygen atoms in total. The minimum absolute atomic E-state index is 0.421. The van der Waals surface area contributed by atoms with Crippen LogP contribution in [0.25, 0.3) is 23.0 Å². The molecule has 0 atom stereocenters. The molecular formula is C22H27N7O. The number of rotatable bonds is 13. The number of unbranched alkanes of at least 4 members (excludes halogenated alkanes) is 7. The Hall–Kier alpha value is -3.29. The number of hydrogen-bond acceptors (Lipinski definition) is 8. The standard InChI is InChI=1S/C22H27N7O/c1-2-3-4-5-6-7-8-9-10-15-30-18-16-19(21-23-11-13-25-28-21)27-20(17-18)22-24-12-14-26-29-22/h2,11-14,16-17H,1,3-10,15H2. The highest BCUT2D eigenvalue weighted by atomic mass is 16.5. The number of pyridine rings is 1. The third kappa shape index (κ3) is 6.95. The molecule has 0 saturated heterocycles. The second-order valence-electron chi connectivity index (χ2n) is 6.91. The fourth-order valence-corrected chi connectivity index (χ4v) is 3.01. The number of nitrogens with zero attached hydrogens (tertiary/aromatic N) is 7. The highest BCUT2D eigenvalue weighted by molar-refractivity contribution is 5.60. The molecule has 3 heterocycles. The predicted molar refractivity (Wildman–Crippen MR) is 115 cm³/mol. The molecule has 3 rings (SSSR count). The van der Waals surface area contributed by atoms with E-state index < -0.39 is 0 Å². The summed E-state index contributed by atoms with van der Waals surface area (Å²) in [6.45, 7) is 4.40. The molecular weight excluding hydrogens is 378 g/mol. The molecule has 30 heavy (non-hydrogen) atoms. The Labute approximate surface area is 176 Å². The van der Waals surface area contributed by atoms with Gasteiger partial charge in [-0.05, 0) is 19.3 Å². The van der Waals surface area contributed by atoms with Crippen molar-refractivity contribution in [2.45, 2.75) is 51.4 Å². The Kier molecular flexibility index (Phi) is 8.79. The van der Waals surface area contributed by atoms with Crippen LogP contribution in [-0.2, 0) is 0 Å². The average Bonchev–Trinajstić information content (AvgIpc) is 2.81. The monoisotopic (exact) mass is 405 g/mol. The van der Waals surface area contributed by atoms with E-state index in [4.69, 9.17) is 4.74 Å². The van der Waals surface area contributed by atoms with Crippen LogP contribution in [-0.4, -0.2) is 42.0 Å². The topological polar surface area (TPSA) is 99.5 Å². The molecule has 0 bridgehead atoms. The highest BCUT2D eigenvalue weighted by Crippen LogP contribution is 2.24. The molecule has 0 spiro atoms. The quantitative estimate of drug-likeness (QED) is 0.303. The van der Waals surface area contributed by atoms with Crippen LogP contribution in [0.5, 0.6) is 5.75 Å². The maximum Gasteiger partial charge on any atom is 0.200 e. The maximum atomic E-state index is 5.99. The van der Waals surface area contributed by atoms with Crippen molar-refractivity contribution in [3.8, 4) is 28.8 Å². The van der Waals surface area contributed by atoms with Crippen LogP contribution in [0.3, 0.4) is 0 Å². The van der Waals surface area contributed by atoms with Crippen molar-refractivity contribution in [2.75, 3.05) is 6.61 Å². The van der Waals surface area contributed by atoms with Crippen LogP contribution in [0, 0.1) is 0 Å². The summed E-state index contributed by atoms with van der Waals surface area (Å²) in [5.41, 5.74) is 1.12. The zero-order chi connectivity index (χ0) is 20.9. The van der Waals surface area contributed by atoms with Crippen molar-refractivity contribution in [1.29, 1.82) is 0 Å². The average molecular weight is 406 g/mol. The summed E-state index contributed by atoms with van der Waals surface area (Å²) < 4.78 is 5.99. The van der Waals surface area contributed by atoms with Gasteiger partial charge >= 0.3 is 0 Å². The summed E-state index contributed by atoms with van der Waals surface area (Å²) in [4.78, 5) is 13.0. The largest absolute Gasteiger partial charge is 0.493 e. The number of allylic oxidation sites excluding steroid dienone is 1. The lowest BCUT2D eigenvalue weighted by molar-refractivity contribution is 0.304. The van der Waals surface area contributed by atoms with E-state index in [1.165, 1.54) is 44.5 Å². The Morgan fingerprint density at radius 1 is 0.733 bits per heavy atom. The first-order valence-corrected chi connectivity index (χ1v) is 10.4. The molecule has 0 radical (unpaired) electrons. The Balaban J connectivity index is 1.56. The second kappa shape index (κ2) is 12.3. The van der Waals surface area contributed by atoms with Gasteiger partial charge in [0.05, 0.1) is 19.0 Å². The third-order valence-electron chi connectivity index (χ3n) is 4.54. The number of aromatic nitrogens is 7. The second-order valence-corrected chi connectivity index (χ2v) is 6.91. The summed E-state index contributed by atoms with van der Waals surface area (Å²) in [6.07, 6.45) is 17.8. The molecule has 0 amide bonds. The summed E-state index contributed by atoms with van der Waals surface area (Å²) in [5, 5.41) is 15.8. The first-order chi connectivity index (χ1) is 14.9. The highest BCUT2D eigenvalue weighted by Gasteiger charge is 2.12. The van der Waals surface area contributed by atoms with Crippen LogP contribution in [0.2, 0.25) is 0 Å². The van der Waals surface area contributed by atoms with E-state index in [9.17, 15) is 0 Å². The van der Waals surface area contributed by atoms with E-state index in [1.807, 2.05) is 18.2 Å². The van der Waals surface area contributed by atoms with Crippen molar-refractivity contribution >= 4 is 0 Å². The van der Waals surface area contributed by atoms with Gasteiger partial charge < -0.3 is 4.74 Å². The van der Waals surface area contributed by atoms with Gasteiger partial charge in [0, 0.05) is 24.5 Å². The minimum atomic E-state index is 0.421. The number of hydrogen-bond donors (Lipinski definition) is 0. The molecule has 0 aliphatic rings. The maximum absolute atomic E-state index is 5.99. The first-order valence-electron chi connectivity index (χ1n) is 10.4. The Morgan fingerprint density at radius 2 is 1.30 bits per heavy atom. The van der Waals surface area contributed by atoms with Gasteiger partial charge in [0.25, 0.3) is 0 Å². The van der Waals surface area contributed by atoms with Gasteiger partial charge in [-0.15, -0.1) is 16.8 Å². The SMILES string of the molecule is C=CCCCCCCCCCOc1cc(-c2nccnn2)nc(-c2nccnn2)c1. The summed E-state index contributed by atoms with van der Waals surface area (Å²) in [6, 6.07) is 3.63. The van der Waals surface area contributed by atoms with Gasteiger partial charge in [-0.3, -0.25) is 0 Å². The zero-order valence-electron chi connectivity index (χ0n) is 17.2. The Bertz CT molecular complexity index is 833. The molecule has 0 aliphatic heterocycles. The zero-order valence-corrected chi connectivity index (χ0v) is 17.2. The summed E-state index contributed by atoms with van der Waals surface area (Å²) in [7, 11) is 0. The van der Waals surface area contributed by atoms with Crippen molar-refractivity contribution in [2.24, 2.45) is 0 Å². The molecule has 3 aromatic heterocycles. The molecule has 8 heteroatoms. The molecule has 0 N–H and O–H groups in total. The summed E-state index contributed by atoms with van der Waals surface area (Å²) in [5.74, 6) is 1.52. The smallest absolute Gasteiger partial charge is 0.200 e. The minimum Gasteiger partial charge on any atom is -0.493 e. The van der Waals surface area contributed by atoms with Crippen LogP contribution in [0.1, 0.15) is 51.4 Å². The van der Waals surface area contributed by atoms with Crippen molar-refractivity contribution in [3.05, 3.63) is 49.6 Å². The van der Waals surface area contributed by atoms with E-state index in [0.29, 0.717) is 35.4 Å². The van der Waals surface area contributed by atoms with Gasteiger partial charge in [-0.1, -0.05) is 38.2 Å². The van der Waals surface area contributed by atoms with E-state index in [1.54, 1.807) is 12.4 Å². The van der Waals surface area contributed by atoms with Crippen molar-refractivity contribution < 1.29 is 4.74 Å². The summed E-state index contributed by atoms with van der Waals surface area (Å²) >= 11 is 0. The van der Waals surface area contributed by atoms with Gasteiger partial charge in [0.2, 0.25) is 11.6 Å². The van der Waals surface area contributed by atoms with Crippen molar-refractivity contribution in [3.63, 3.8) is 0 Å². The number of ether oxygens (including phenoxy) is 1. The molecule has 0 aromatic carbocycles. The van der Waals surface area contributed by atoms with Crippen LogP contribution >= 0.6 is 0 Å². The van der Waals surface area contributed by atoms with E-state index in [-0.39, 0.29) is 0 Å². The van der Waals surface area contributed by atoms with Gasteiger partial charge in [0.1, 0.15) is 17.1 Å². The lowest BCUT2D eigenvalue weighted by atomic mass is 10.1. The Morgan fingerprint density at radius 3 is 1.83 bits per heavy atom. The van der Waals surface area contributed by atoms with E-state index in [0.717, 1.165) is 19.3 Å². The van der Waals surface area contributed by atoms with Gasteiger partial charge in [-0.2, -0.15) is 10.2 Å². The van der Waals surface area contributed by atoms with Gasteiger partial charge in [-0.25, -0.2) is 15.0 Å². The first kappa shape index (κ1) is 21.4. The normalized spacial score (nSPS) is 10.7. The molecule has 0 saturated carbocycles. The lowest BCUT2D eigenvalue weighted by Gasteiger charge is -2.09. The third-order valence-corrected chi connectivity index (χ3v) is 4.54. The van der Waals surface area contributed by atoms with Crippen LogP contribution < -0.4 is 4.74 Å². The van der Waals surface area contributed by atoms with Crippen LogP contribution in [0.4, 0.5) is 0 Å². The molecule has 156 valence electrons. The fourth-order valence-electron chi connectivity index (χ4n) is 3.01.